The van der Waals surface area contributed by atoms with Gasteiger partial charge in [-0.3, -0.25) is 4.79 Å². The zero-order valence-corrected chi connectivity index (χ0v) is 18.5. The molecule has 1 aliphatic heterocycles. The largest absolute Gasteiger partial charge is 0.405 e. The molecule has 2 N–H and O–H groups in total. The predicted octanol–water partition coefficient (Wildman–Crippen LogP) is 4.52. The molecule has 0 bridgehead atoms. The molecule has 1 aromatic heterocycles. The molecule has 0 spiro atoms. The van der Waals surface area contributed by atoms with Crippen LogP contribution in [0.1, 0.15) is 17.7 Å². The van der Waals surface area contributed by atoms with E-state index in [-0.39, 0.29) is 24.1 Å². The molecule has 0 saturated carbocycles. The number of alkyl halides is 3. The molecule has 2 aromatic carbocycles. The number of aryl methyl sites for hydroxylation is 1. The molecule has 1 aliphatic rings. The molecule has 1 unspecified atom stereocenters. The third-order valence-electron chi connectivity index (χ3n) is 5.75. The Balaban J connectivity index is 1.66. The van der Waals surface area contributed by atoms with Crippen LogP contribution in [0, 0.1) is 12.8 Å². The van der Waals surface area contributed by atoms with Crippen molar-refractivity contribution in [2.24, 2.45) is 16.6 Å². The molecule has 0 radical (unpaired) electrons. The van der Waals surface area contributed by atoms with Gasteiger partial charge in [0.25, 0.3) is 0 Å². The molecule has 0 amide bonds. The van der Waals surface area contributed by atoms with E-state index < -0.39 is 12.1 Å². The van der Waals surface area contributed by atoms with Crippen molar-refractivity contribution in [1.29, 1.82) is 0 Å². The van der Waals surface area contributed by atoms with Gasteiger partial charge in [0.1, 0.15) is 0 Å². The van der Waals surface area contributed by atoms with Gasteiger partial charge >= 0.3 is 6.18 Å². The fourth-order valence-electron chi connectivity index (χ4n) is 3.98. The van der Waals surface area contributed by atoms with Crippen LogP contribution in [0.25, 0.3) is 5.69 Å². The van der Waals surface area contributed by atoms with E-state index in [0.29, 0.717) is 23.6 Å². The molecule has 34 heavy (non-hydrogen) atoms. The normalized spacial score (nSPS) is 17.0. The first-order valence-electron chi connectivity index (χ1n) is 10.8. The van der Waals surface area contributed by atoms with Gasteiger partial charge in [0.05, 0.1) is 23.0 Å². The van der Waals surface area contributed by atoms with E-state index in [2.05, 4.69) is 10.1 Å². The second-order valence-electron chi connectivity index (χ2n) is 8.11. The SMILES string of the molecule is Cc1cc(N2CCC(C(F)(F)F)C2)ccc1-n1ccc(=O)c(C(C=CN)=Nc2ccccc2)n1. The van der Waals surface area contributed by atoms with Gasteiger partial charge in [-0.15, -0.1) is 0 Å². The van der Waals surface area contributed by atoms with E-state index >= 15 is 0 Å². The smallest absolute Gasteiger partial charge is 0.393 e. The van der Waals surface area contributed by atoms with E-state index in [0.717, 1.165) is 11.3 Å². The van der Waals surface area contributed by atoms with Crippen molar-refractivity contribution in [3.8, 4) is 5.69 Å². The van der Waals surface area contributed by atoms with Crippen LogP contribution in [0.2, 0.25) is 0 Å². The summed E-state index contributed by atoms with van der Waals surface area (Å²) in [5.74, 6) is -1.31. The van der Waals surface area contributed by atoms with Gasteiger partial charge in [0, 0.05) is 31.0 Å². The zero-order valence-electron chi connectivity index (χ0n) is 18.5. The molecule has 1 saturated heterocycles. The van der Waals surface area contributed by atoms with Crippen LogP contribution in [-0.4, -0.2) is 34.8 Å². The minimum absolute atomic E-state index is 0.0482. The molecule has 1 fully saturated rings. The second kappa shape index (κ2) is 9.54. The molecule has 6 nitrogen and oxygen atoms in total. The number of rotatable bonds is 5. The van der Waals surface area contributed by atoms with Gasteiger partial charge in [0.15, 0.2) is 5.69 Å². The summed E-state index contributed by atoms with van der Waals surface area (Å²) >= 11 is 0. The third-order valence-corrected chi connectivity index (χ3v) is 5.75. The number of nitrogens with zero attached hydrogens (tertiary/aromatic N) is 4. The van der Waals surface area contributed by atoms with E-state index in [9.17, 15) is 18.0 Å². The number of aliphatic imine (C=N–C) groups is 1. The van der Waals surface area contributed by atoms with Crippen LogP contribution in [0.3, 0.4) is 0 Å². The maximum atomic E-state index is 13.1. The Labute approximate surface area is 194 Å². The summed E-state index contributed by atoms with van der Waals surface area (Å²) in [6, 6.07) is 15.9. The molecular weight excluding hydrogens is 443 g/mol. The number of benzene rings is 2. The summed E-state index contributed by atoms with van der Waals surface area (Å²) in [7, 11) is 0. The average Bonchev–Trinajstić information content (AvgIpc) is 3.31. The lowest BCUT2D eigenvalue weighted by Gasteiger charge is -2.21. The second-order valence-corrected chi connectivity index (χ2v) is 8.11. The summed E-state index contributed by atoms with van der Waals surface area (Å²) in [5, 5.41) is 4.49. The zero-order chi connectivity index (χ0) is 24.3. The number of aromatic nitrogens is 2. The van der Waals surface area contributed by atoms with Crippen molar-refractivity contribution in [2.75, 3.05) is 18.0 Å². The van der Waals surface area contributed by atoms with Crippen molar-refractivity contribution in [3.63, 3.8) is 0 Å². The molecule has 3 aromatic rings. The summed E-state index contributed by atoms with van der Waals surface area (Å²) in [6.45, 7) is 2.16. The van der Waals surface area contributed by atoms with Gasteiger partial charge in [-0.05, 0) is 61.5 Å². The Morgan fingerprint density at radius 2 is 1.94 bits per heavy atom. The summed E-state index contributed by atoms with van der Waals surface area (Å²) in [5.41, 5.74) is 8.61. The molecule has 176 valence electrons. The van der Waals surface area contributed by atoms with Crippen LogP contribution >= 0.6 is 0 Å². The van der Waals surface area contributed by atoms with E-state index in [1.165, 1.54) is 18.3 Å². The first kappa shape index (κ1) is 23.3. The molecule has 1 atom stereocenters. The Kier molecular flexibility index (Phi) is 6.54. The van der Waals surface area contributed by atoms with Gasteiger partial charge < -0.3 is 10.6 Å². The predicted molar refractivity (Wildman–Crippen MR) is 127 cm³/mol. The number of nitrogens with two attached hydrogens (primary N) is 1. The van der Waals surface area contributed by atoms with E-state index in [4.69, 9.17) is 5.73 Å². The van der Waals surface area contributed by atoms with E-state index in [1.54, 1.807) is 40.0 Å². The number of halogens is 3. The van der Waals surface area contributed by atoms with Crippen LogP contribution in [0.4, 0.5) is 24.5 Å². The van der Waals surface area contributed by atoms with Crippen LogP contribution in [-0.2, 0) is 0 Å². The van der Waals surface area contributed by atoms with Gasteiger partial charge in [0.2, 0.25) is 5.43 Å². The third kappa shape index (κ3) is 5.03. The quantitative estimate of drug-likeness (QED) is 0.560. The minimum atomic E-state index is -4.18. The highest BCUT2D eigenvalue weighted by Gasteiger charge is 2.43. The molecule has 2 heterocycles. The molecule has 0 aliphatic carbocycles. The number of anilines is 1. The van der Waals surface area contributed by atoms with Crippen molar-refractivity contribution in [2.45, 2.75) is 19.5 Å². The Morgan fingerprint density at radius 1 is 1.18 bits per heavy atom. The Bertz CT molecular complexity index is 1280. The lowest BCUT2D eigenvalue weighted by molar-refractivity contribution is -0.168. The van der Waals surface area contributed by atoms with Crippen LogP contribution < -0.4 is 16.1 Å². The standard InChI is InChI=1S/C25H24F3N5O/c1-17-15-20(32-13-10-18(16-32)25(26,27)28)7-8-22(17)33-14-11-23(34)24(31-33)21(9-12-29)30-19-5-3-2-4-6-19/h2-9,11-12,14-15,18H,10,13,16,29H2,1H3. The summed E-state index contributed by atoms with van der Waals surface area (Å²) < 4.78 is 40.7. The van der Waals surface area contributed by atoms with Gasteiger partial charge in [-0.1, -0.05) is 18.2 Å². The van der Waals surface area contributed by atoms with Gasteiger partial charge in [-0.2, -0.15) is 18.3 Å². The Hall–Kier alpha value is -3.88. The number of hydrogen-bond donors (Lipinski definition) is 1. The van der Waals surface area contributed by atoms with E-state index in [1.807, 2.05) is 31.2 Å². The lowest BCUT2D eigenvalue weighted by atomic mass is 10.1. The highest BCUT2D eigenvalue weighted by Crippen LogP contribution is 2.36. The lowest BCUT2D eigenvalue weighted by Crippen LogP contribution is -2.27. The molecular formula is C25H24F3N5O. The fourth-order valence-corrected chi connectivity index (χ4v) is 3.98. The highest BCUT2D eigenvalue weighted by atomic mass is 19.4. The van der Waals surface area contributed by atoms with Crippen LogP contribution in [0.5, 0.6) is 0 Å². The minimum Gasteiger partial charge on any atom is -0.405 e. The first-order chi connectivity index (χ1) is 16.3. The van der Waals surface area contributed by atoms with Crippen molar-refractivity contribution >= 4 is 17.1 Å². The molecule has 9 heteroatoms. The maximum absolute atomic E-state index is 13.1. The van der Waals surface area contributed by atoms with Gasteiger partial charge in [-0.25, -0.2) is 9.67 Å². The monoisotopic (exact) mass is 467 g/mol. The Morgan fingerprint density at radius 3 is 2.59 bits per heavy atom. The highest BCUT2D eigenvalue weighted by molar-refractivity contribution is 6.08. The number of allylic oxidation sites excluding steroid dienone is 1. The fraction of sp³-hybridized carbons (Fsp3) is 0.240. The number of hydrogen-bond acceptors (Lipinski definition) is 5. The summed E-state index contributed by atoms with van der Waals surface area (Å²) in [6.07, 6.45) is 0.270. The van der Waals surface area contributed by atoms with Crippen molar-refractivity contribution in [3.05, 3.63) is 94.6 Å². The summed E-state index contributed by atoms with van der Waals surface area (Å²) in [4.78, 5) is 18.9. The topological polar surface area (TPSA) is 76.5 Å². The number of para-hydroxylation sites is 1. The first-order valence-corrected chi connectivity index (χ1v) is 10.8. The van der Waals surface area contributed by atoms with Crippen molar-refractivity contribution < 1.29 is 13.2 Å². The molecule has 4 rings (SSSR count). The maximum Gasteiger partial charge on any atom is 0.393 e. The van der Waals surface area contributed by atoms with Crippen LogP contribution in [0.15, 0.2) is 82.9 Å². The average molecular weight is 467 g/mol. The van der Waals surface area contributed by atoms with Crippen molar-refractivity contribution in [1.82, 2.24) is 9.78 Å².